The third-order valence-electron chi connectivity index (χ3n) is 3.37. The van der Waals surface area contributed by atoms with Gasteiger partial charge in [-0.1, -0.05) is 52.5 Å². The summed E-state index contributed by atoms with van der Waals surface area (Å²) >= 11 is 23.6. The summed E-state index contributed by atoms with van der Waals surface area (Å²) in [7, 11) is -4.10. The Morgan fingerprint density at radius 3 is 2.41 bits per heavy atom. The van der Waals surface area contributed by atoms with Gasteiger partial charge < -0.3 is 0 Å². The Hall–Kier alpha value is -1.58. The number of sulfonamides is 1. The number of rotatable bonds is 5. The van der Waals surface area contributed by atoms with Crippen LogP contribution in [-0.2, 0) is 16.6 Å². The van der Waals surface area contributed by atoms with E-state index in [0.717, 1.165) is 6.07 Å². The third kappa shape index (κ3) is 4.64. The molecule has 1 N–H and O–H groups in total. The summed E-state index contributed by atoms with van der Waals surface area (Å²) in [5, 5.41) is 4.28. The predicted octanol–water partition coefficient (Wildman–Crippen LogP) is 4.88. The zero-order valence-corrected chi connectivity index (χ0v) is 17.0. The molecule has 2 aromatic carbocycles. The lowest BCUT2D eigenvalue weighted by atomic mass is 10.2. The average Bonchev–Trinajstić information content (AvgIpc) is 2.99. The van der Waals surface area contributed by atoms with Crippen molar-refractivity contribution in [3.05, 3.63) is 68.1 Å². The van der Waals surface area contributed by atoms with Crippen LogP contribution in [0.3, 0.4) is 0 Å². The summed E-state index contributed by atoms with van der Waals surface area (Å²) in [5.74, 6) is -0.648. The van der Waals surface area contributed by atoms with Crippen molar-refractivity contribution in [1.29, 1.82) is 0 Å². The first-order valence-corrected chi connectivity index (χ1v) is 10.2. The van der Waals surface area contributed by atoms with E-state index in [2.05, 4.69) is 14.8 Å². The largest absolute Gasteiger partial charge is 0.265 e. The summed E-state index contributed by atoms with van der Waals surface area (Å²) in [6, 6.07) is 6.28. The minimum atomic E-state index is -4.10. The number of nitrogens with zero attached hydrogens (tertiary/aromatic N) is 3. The van der Waals surface area contributed by atoms with Gasteiger partial charge in [-0.05, 0) is 29.8 Å². The zero-order valence-electron chi connectivity index (χ0n) is 13.1. The van der Waals surface area contributed by atoms with Crippen LogP contribution in [0.1, 0.15) is 5.56 Å². The number of aromatic nitrogens is 3. The Balaban J connectivity index is 1.82. The van der Waals surface area contributed by atoms with Crippen LogP contribution in [0.4, 0.5) is 10.3 Å². The van der Waals surface area contributed by atoms with E-state index >= 15 is 0 Å². The Morgan fingerprint density at radius 2 is 1.70 bits per heavy atom. The highest BCUT2D eigenvalue weighted by molar-refractivity contribution is 7.92. The van der Waals surface area contributed by atoms with Crippen LogP contribution in [0.25, 0.3) is 0 Å². The second-order valence-electron chi connectivity index (χ2n) is 5.30. The molecule has 0 bridgehead atoms. The zero-order chi connectivity index (χ0) is 19.8. The molecular formula is C15H9Cl4FN4O2S. The lowest BCUT2D eigenvalue weighted by Gasteiger charge is -2.08. The lowest BCUT2D eigenvalue weighted by molar-refractivity contribution is 0.600. The normalized spacial score (nSPS) is 11.6. The molecule has 3 rings (SSSR count). The summed E-state index contributed by atoms with van der Waals surface area (Å²) in [4.78, 5) is 3.62. The SMILES string of the molecule is O=S(=O)(Nc1ncn(Cc2ccc(F)cc2Cl)n1)c1cc(Cl)c(Cl)cc1Cl. The highest BCUT2D eigenvalue weighted by Gasteiger charge is 2.21. The molecule has 0 unspecified atom stereocenters. The molecule has 0 aliphatic heterocycles. The first-order chi connectivity index (χ1) is 12.7. The maximum Gasteiger partial charge on any atom is 0.265 e. The van der Waals surface area contributed by atoms with Gasteiger partial charge in [0.2, 0.25) is 0 Å². The quantitative estimate of drug-likeness (QED) is 0.540. The second kappa shape index (κ2) is 7.81. The molecule has 3 aromatic rings. The van der Waals surface area contributed by atoms with E-state index in [1.807, 2.05) is 0 Å². The van der Waals surface area contributed by atoms with Crippen molar-refractivity contribution in [2.75, 3.05) is 4.72 Å². The first-order valence-electron chi connectivity index (χ1n) is 7.16. The Labute approximate surface area is 173 Å². The Morgan fingerprint density at radius 1 is 1.00 bits per heavy atom. The molecule has 142 valence electrons. The maximum absolute atomic E-state index is 13.1. The fraction of sp³-hybridized carbons (Fsp3) is 0.0667. The molecule has 0 radical (unpaired) electrons. The molecule has 0 amide bonds. The predicted molar refractivity (Wildman–Crippen MR) is 103 cm³/mol. The first kappa shape index (κ1) is 20.2. The van der Waals surface area contributed by atoms with Gasteiger partial charge in [-0.15, -0.1) is 5.10 Å². The molecule has 0 atom stereocenters. The van der Waals surface area contributed by atoms with E-state index in [0.29, 0.717) is 5.56 Å². The lowest BCUT2D eigenvalue weighted by Crippen LogP contribution is -2.15. The van der Waals surface area contributed by atoms with E-state index in [-0.39, 0.29) is 37.5 Å². The summed E-state index contributed by atoms with van der Waals surface area (Å²) < 4.78 is 41.6. The van der Waals surface area contributed by atoms with Crippen molar-refractivity contribution < 1.29 is 12.8 Å². The van der Waals surface area contributed by atoms with E-state index in [1.165, 1.54) is 35.3 Å². The Bertz CT molecular complexity index is 1120. The van der Waals surface area contributed by atoms with Gasteiger partial charge in [-0.3, -0.25) is 0 Å². The summed E-state index contributed by atoms with van der Waals surface area (Å²) in [6.45, 7) is 0.168. The van der Waals surface area contributed by atoms with Gasteiger partial charge in [-0.2, -0.15) is 4.98 Å². The number of hydrogen-bond acceptors (Lipinski definition) is 4. The minimum Gasteiger partial charge on any atom is -0.246 e. The van der Waals surface area contributed by atoms with Gasteiger partial charge in [0.1, 0.15) is 17.0 Å². The highest BCUT2D eigenvalue weighted by atomic mass is 35.5. The van der Waals surface area contributed by atoms with Gasteiger partial charge in [-0.25, -0.2) is 22.2 Å². The van der Waals surface area contributed by atoms with Crippen LogP contribution in [0.5, 0.6) is 0 Å². The number of halogens is 5. The van der Waals surface area contributed by atoms with E-state index in [1.54, 1.807) is 0 Å². The fourth-order valence-corrected chi connectivity index (χ4v) is 4.30. The molecular weight excluding hydrogens is 461 g/mol. The van der Waals surface area contributed by atoms with Crippen LogP contribution >= 0.6 is 46.4 Å². The van der Waals surface area contributed by atoms with Crippen LogP contribution in [-0.4, -0.2) is 23.2 Å². The molecule has 0 aliphatic rings. The number of nitrogens with one attached hydrogen (secondary N) is 1. The van der Waals surface area contributed by atoms with Crippen LogP contribution in [0.15, 0.2) is 41.6 Å². The Kier molecular flexibility index (Phi) is 5.83. The molecule has 0 saturated heterocycles. The molecule has 1 heterocycles. The molecule has 1 aromatic heterocycles. The van der Waals surface area contributed by atoms with Gasteiger partial charge in [0.15, 0.2) is 0 Å². The smallest absolute Gasteiger partial charge is 0.246 e. The number of hydrogen-bond donors (Lipinski definition) is 1. The summed E-state index contributed by atoms with van der Waals surface area (Å²) in [5.41, 5.74) is 0.588. The summed E-state index contributed by atoms with van der Waals surface area (Å²) in [6.07, 6.45) is 1.30. The third-order valence-corrected chi connectivity index (χ3v) is 6.24. The monoisotopic (exact) mass is 468 g/mol. The number of benzene rings is 2. The fourth-order valence-electron chi connectivity index (χ4n) is 2.13. The van der Waals surface area contributed by atoms with Crippen molar-refractivity contribution in [1.82, 2.24) is 14.8 Å². The van der Waals surface area contributed by atoms with Crippen LogP contribution in [0, 0.1) is 5.82 Å². The van der Waals surface area contributed by atoms with Gasteiger partial charge in [0.05, 0.1) is 21.6 Å². The maximum atomic E-state index is 13.1. The van der Waals surface area contributed by atoms with Crippen molar-refractivity contribution >= 4 is 62.4 Å². The standard InChI is InChI=1S/C15H9Cl4FN4O2S/c16-10-3-9(20)2-1-8(10)6-24-7-21-15(22-24)23-27(25,26)14-5-12(18)11(17)4-13(14)19/h1-5,7H,6H2,(H,22,23). The van der Waals surface area contributed by atoms with Crippen LogP contribution in [0.2, 0.25) is 20.1 Å². The molecule has 12 heteroatoms. The molecule has 0 fully saturated rings. The molecule has 27 heavy (non-hydrogen) atoms. The molecule has 0 spiro atoms. The van der Waals surface area contributed by atoms with Crippen molar-refractivity contribution in [3.8, 4) is 0 Å². The van der Waals surface area contributed by atoms with E-state index < -0.39 is 15.8 Å². The van der Waals surface area contributed by atoms with Crippen molar-refractivity contribution in [3.63, 3.8) is 0 Å². The van der Waals surface area contributed by atoms with Crippen molar-refractivity contribution in [2.24, 2.45) is 0 Å². The topological polar surface area (TPSA) is 76.9 Å². The van der Waals surface area contributed by atoms with E-state index in [4.69, 9.17) is 46.4 Å². The average molecular weight is 470 g/mol. The number of anilines is 1. The molecule has 0 aliphatic carbocycles. The van der Waals surface area contributed by atoms with E-state index in [9.17, 15) is 12.8 Å². The highest BCUT2D eigenvalue weighted by Crippen LogP contribution is 2.32. The van der Waals surface area contributed by atoms with Crippen molar-refractivity contribution in [2.45, 2.75) is 11.4 Å². The molecule has 0 saturated carbocycles. The van der Waals surface area contributed by atoms with Gasteiger partial charge >= 0.3 is 0 Å². The van der Waals surface area contributed by atoms with Gasteiger partial charge in [0.25, 0.3) is 16.0 Å². The molecule has 6 nitrogen and oxygen atoms in total. The van der Waals surface area contributed by atoms with Crippen LogP contribution < -0.4 is 4.72 Å². The second-order valence-corrected chi connectivity index (χ2v) is 8.58. The minimum absolute atomic E-state index is 0.0332. The van der Waals surface area contributed by atoms with Gasteiger partial charge in [0, 0.05) is 5.02 Å².